The van der Waals surface area contributed by atoms with Crippen LogP contribution in [0.25, 0.3) is 0 Å². The van der Waals surface area contributed by atoms with Crippen molar-refractivity contribution < 1.29 is 14.3 Å². The van der Waals surface area contributed by atoms with Gasteiger partial charge in [0.2, 0.25) is 0 Å². The lowest BCUT2D eigenvalue weighted by molar-refractivity contribution is -0.135. The minimum Gasteiger partial charge on any atom is -0.451 e. The average Bonchev–Trinajstić information content (AvgIpc) is 2.73. The van der Waals surface area contributed by atoms with Gasteiger partial charge in [0, 0.05) is 19.3 Å². The van der Waals surface area contributed by atoms with E-state index in [4.69, 9.17) is 4.74 Å². The molecule has 0 spiro atoms. The normalized spacial score (nSPS) is 10.3. The molecule has 0 atom stereocenters. The van der Waals surface area contributed by atoms with E-state index in [-0.39, 0.29) is 18.2 Å². The predicted molar refractivity (Wildman–Crippen MR) is 104 cm³/mol. The van der Waals surface area contributed by atoms with E-state index in [9.17, 15) is 9.59 Å². The maximum Gasteiger partial charge on any atom is 0.359 e. The topological polar surface area (TPSA) is 72.4 Å². The van der Waals surface area contributed by atoms with Gasteiger partial charge in [-0.3, -0.25) is 9.78 Å². The van der Waals surface area contributed by atoms with E-state index >= 15 is 0 Å². The van der Waals surface area contributed by atoms with Gasteiger partial charge < -0.3 is 9.64 Å². The number of benzene rings is 2. The highest BCUT2D eigenvalue weighted by molar-refractivity contribution is 5.89. The molecule has 0 radical (unpaired) electrons. The number of nitrogens with zero attached hydrogens (tertiary/aromatic N) is 3. The largest absolute Gasteiger partial charge is 0.451 e. The van der Waals surface area contributed by atoms with E-state index in [1.165, 1.54) is 12.4 Å². The smallest absolute Gasteiger partial charge is 0.359 e. The first-order chi connectivity index (χ1) is 13.6. The van der Waals surface area contributed by atoms with Gasteiger partial charge in [-0.2, -0.15) is 0 Å². The Bertz CT molecular complexity index is 871. The van der Waals surface area contributed by atoms with Gasteiger partial charge in [0.25, 0.3) is 5.91 Å². The molecule has 0 N–H and O–H groups in total. The lowest BCUT2D eigenvalue weighted by atomic mass is 10.1. The molecule has 0 fully saturated rings. The molecule has 0 unspecified atom stereocenters. The summed E-state index contributed by atoms with van der Waals surface area (Å²) in [5, 5.41) is 0. The number of hydrogen-bond acceptors (Lipinski definition) is 5. The zero-order valence-electron chi connectivity index (χ0n) is 15.6. The SMILES string of the molecule is Cc1cnc(C(=O)OCC(=O)N(Cc2ccccc2)Cc2ccccc2)cn1. The van der Waals surface area contributed by atoms with E-state index in [2.05, 4.69) is 9.97 Å². The summed E-state index contributed by atoms with van der Waals surface area (Å²) in [5.74, 6) is -0.943. The van der Waals surface area contributed by atoms with Gasteiger partial charge in [0.05, 0.1) is 11.9 Å². The summed E-state index contributed by atoms with van der Waals surface area (Å²) in [6, 6.07) is 19.4. The molecule has 0 aliphatic heterocycles. The second kappa shape index (κ2) is 9.41. The first-order valence-electron chi connectivity index (χ1n) is 8.93. The first kappa shape index (κ1) is 19.2. The number of rotatable bonds is 7. The number of aromatic nitrogens is 2. The van der Waals surface area contributed by atoms with Gasteiger partial charge >= 0.3 is 5.97 Å². The van der Waals surface area contributed by atoms with Crippen LogP contribution in [0.4, 0.5) is 0 Å². The molecular formula is C22H21N3O3. The third kappa shape index (κ3) is 5.48. The van der Waals surface area contributed by atoms with Crippen molar-refractivity contribution in [3.63, 3.8) is 0 Å². The van der Waals surface area contributed by atoms with Crippen molar-refractivity contribution in [2.45, 2.75) is 20.0 Å². The van der Waals surface area contributed by atoms with E-state index in [0.717, 1.165) is 11.1 Å². The van der Waals surface area contributed by atoms with Crippen molar-refractivity contribution in [1.29, 1.82) is 0 Å². The van der Waals surface area contributed by atoms with Crippen LogP contribution in [0.3, 0.4) is 0 Å². The first-order valence-corrected chi connectivity index (χ1v) is 8.93. The Hall–Kier alpha value is -3.54. The van der Waals surface area contributed by atoms with Crippen molar-refractivity contribution in [3.05, 3.63) is 95.6 Å². The summed E-state index contributed by atoms with van der Waals surface area (Å²) in [6.45, 7) is 2.28. The van der Waals surface area contributed by atoms with Crippen LogP contribution >= 0.6 is 0 Å². The van der Waals surface area contributed by atoms with Crippen molar-refractivity contribution in [2.24, 2.45) is 0 Å². The van der Waals surface area contributed by atoms with E-state index < -0.39 is 5.97 Å². The summed E-state index contributed by atoms with van der Waals surface area (Å²) in [5.41, 5.74) is 2.78. The number of amides is 1. The molecule has 0 saturated heterocycles. The van der Waals surface area contributed by atoms with Crippen LogP contribution in [-0.2, 0) is 22.6 Å². The minimum atomic E-state index is -0.666. The Morgan fingerprint density at radius 3 is 1.93 bits per heavy atom. The maximum absolute atomic E-state index is 12.8. The van der Waals surface area contributed by atoms with Crippen molar-refractivity contribution in [3.8, 4) is 0 Å². The Morgan fingerprint density at radius 1 is 0.857 bits per heavy atom. The second-order valence-electron chi connectivity index (χ2n) is 6.34. The summed E-state index contributed by atoms with van der Waals surface area (Å²) in [7, 11) is 0. The highest BCUT2D eigenvalue weighted by Crippen LogP contribution is 2.11. The third-order valence-corrected chi connectivity index (χ3v) is 4.10. The standard InChI is InChI=1S/C22H21N3O3/c1-17-12-24-20(13-23-17)22(27)28-16-21(26)25(14-18-8-4-2-5-9-18)15-19-10-6-3-7-11-19/h2-13H,14-16H2,1H3. The quantitative estimate of drug-likeness (QED) is 0.593. The Labute approximate surface area is 163 Å². The average molecular weight is 375 g/mol. The van der Waals surface area contributed by atoms with E-state index in [1.54, 1.807) is 11.8 Å². The molecule has 0 aliphatic carbocycles. The molecule has 0 aliphatic rings. The number of carbonyl (C=O) groups is 2. The second-order valence-corrected chi connectivity index (χ2v) is 6.34. The molecule has 3 aromatic rings. The van der Waals surface area contributed by atoms with E-state index in [0.29, 0.717) is 18.8 Å². The maximum atomic E-state index is 12.8. The molecule has 6 heteroatoms. The molecular weight excluding hydrogens is 354 g/mol. The zero-order valence-corrected chi connectivity index (χ0v) is 15.6. The van der Waals surface area contributed by atoms with Crippen LogP contribution < -0.4 is 0 Å². The Kier molecular flexibility index (Phi) is 6.46. The van der Waals surface area contributed by atoms with E-state index in [1.807, 2.05) is 60.7 Å². The number of hydrogen-bond donors (Lipinski definition) is 0. The third-order valence-electron chi connectivity index (χ3n) is 4.10. The molecule has 0 saturated carbocycles. The number of carbonyl (C=O) groups excluding carboxylic acids is 2. The fraction of sp³-hybridized carbons (Fsp3) is 0.182. The molecule has 1 amide bonds. The zero-order chi connectivity index (χ0) is 19.8. The molecule has 1 aromatic heterocycles. The van der Waals surface area contributed by atoms with Gasteiger partial charge in [0.1, 0.15) is 0 Å². The lowest BCUT2D eigenvalue weighted by Crippen LogP contribution is -2.34. The minimum absolute atomic E-state index is 0.0797. The summed E-state index contributed by atoms with van der Waals surface area (Å²) >= 11 is 0. The van der Waals surface area contributed by atoms with Crippen molar-refractivity contribution >= 4 is 11.9 Å². The number of ether oxygens (including phenoxy) is 1. The monoisotopic (exact) mass is 375 g/mol. The predicted octanol–water partition coefficient (Wildman–Crippen LogP) is 3.17. The summed E-state index contributed by atoms with van der Waals surface area (Å²) < 4.78 is 5.15. The summed E-state index contributed by atoms with van der Waals surface area (Å²) in [4.78, 5) is 34.5. The van der Waals surface area contributed by atoms with Crippen LogP contribution in [0.1, 0.15) is 27.3 Å². The molecule has 3 rings (SSSR count). The molecule has 6 nitrogen and oxygen atoms in total. The van der Waals surface area contributed by atoms with Crippen molar-refractivity contribution in [2.75, 3.05) is 6.61 Å². The summed E-state index contributed by atoms with van der Waals surface area (Å²) in [6.07, 6.45) is 2.82. The molecule has 0 bridgehead atoms. The van der Waals surface area contributed by atoms with Crippen LogP contribution in [0.15, 0.2) is 73.1 Å². The highest BCUT2D eigenvalue weighted by Gasteiger charge is 2.18. The number of esters is 1. The Balaban J connectivity index is 1.66. The van der Waals surface area contributed by atoms with Gasteiger partial charge in [-0.15, -0.1) is 0 Å². The van der Waals surface area contributed by atoms with Gasteiger partial charge in [-0.1, -0.05) is 60.7 Å². The van der Waals surface area contributed by atoms with Crippen LogP contribution in [-0.4, -0.2) is 33.4 Å². The van der Waals surface area contributed by atoms with Gasteiger partial charge in [-0.25, -0.2) is 9.78 Å². The molecule has 28 heavy (non-hydrogen) atoms. The highest BCUT2D eigenvalue weighted by atomic mass is 16.5. The van der Waals surface area contributed by atoms with Crippen LogP contribution in [0.5, 0.6) is 0 Å². The van der Waals surface area contributed by atoms with Crippen LogP contribution in [0, 0.1) is 6.92 Å². The lowest BCUT2D eigenvalue weighted by Gasteiger charge is -2.23. The molecule has 1 heterocycles. The van der Waals surface area contributed by atoms with Gasteiger partial charge in [0.15, 0.2) is 12.3 Å². The fourth-order valence-electron chi connectivity index (χ4n) is 2.63. The van der Waals surface area contributed by atoms with Crippen molar-refractivity contribution in [1.82, 2.24) is 14.9 Å². The molecule has 2 aromatic carbocycles. The number of aryl methyl sites for hydroxylation is 1. The Morgan fingerprint density at radius 2 is 1.43 bits per heavy atom. The fourth-order valence-corrected chi connectivity index (χ4v) is 2.63. The van der Waals surface area contributed by atoms with Crippen LogP contribution in [0.2, 0.25) is 0 Å². The molecule has 142 valence electrons. The van der Waals surface area contributed by atoms with Gasteiger partial charge in [-0.05, 0) is 18.1 Å².